The summed E-state index contributed by atoms with van der Waals surface area (Å²) in [5.74, 6) is 2.64. The van der Waals surface area contributed by atoms with Gasteiger partial charge in [0.2, 0.25) is 0 Å². The summed E-state index contributed by atoms with van der Waals surface area (Å²) in [6, 6.07) is 6.12. The lowest BCUT2D eigenvalue weighted by Crippen LogP contribution is -2.29. The van der Waals surface area contributed by atoms with Crippen molar-refractivity contribution in [1.29, 1.82) is 0 Å². The zero-order valence-corrected chi connectivity index (χ0v) is 14.5. The predicted molar refractivity (Wildman–Crippen MR) is 89.3 cm³/mol. The monoisotopic (exact) mass is 321 g/mol. The van der Waals surface area contributed by atoms with E-state index in [0.717, 1.165) is 17.9 Å². The van der Waals surface area contributed by atoms with Gasteiger partial charge in [0.05, 0.1) is 20.8 Å². The summed E-state index contributed by atoms with van der Waals surface area (Å²) >= 11 is 0. The van der Waals surface area contributed by atoms with Crippen molar-refractivity contribution in [2.24, 2.45) is 5.92 Å². The summed E-state index contributed by atoms with van der Waals surface area (Å²) < 4.78 is 15.8. The Kier molecular flexibility index (Phi) is 6.13. The Morgan fingerprint density at radius 1 is 1.26 bits per heavy atom. The number of hydrogen-bond donors (Lipinski definition) is 0. The Bertz CT molecular complexity index is 528. The predicted octanol–water partition coefficient (Wildman–Crippen LogP) is 3.68. The molecule has 1 aromatic carbocycles. The van der Waals surface area contributed by atoms with Crippen LogP contribution in [0.1, 0.15) is 37.7 Å². The van der Waals surface area contributed by atoms with Gasteiger partial charge in [-0.25, -0.2) is 4.79 Å². The summed E-state index contributed by atoms with van der Waals surface area (Å²) in [7, 11) is 5.09. The Balaban J connectivity index is 2.05. The van der Waals surface area contributed by atoms with Crippen LogP contribution in [0.4, 0.5) is 4.79 Å². The molecule has 5 heteroatoms. The van der Waals surface area contributed by atoms with Crippen LogP contribution in [0.15, 0.2) is 18.2 Å². The molecule has 0 aromatic heterocycles. The van der Waals surface area contributed by atoms with E-state index in [2.05, 4.69) is 12.1 Å². The topological polar surface area (TPSA) is 48.0 Å². The molecular formula is C18H27NO4. The van der Waals surface area contributed by atoms with Crippen molar-refractivity contribution in [3.8, 4) is 11.5 Å². The molecule has 1 unspecified atom stereocenters. The van der Waals surface area contributed by atoms with E-state index in [1.54, 1.807) is 26.2 Å². The van der Waals surface area contributed by atoms with Crippen molar-refractivity contribution in [2.75, 3.05) is 34.4 Å². The van der Waals surface area contributed by atoms with Gasteiger partial charge in [-0.15, -0.1) is 0 Å². The van der Waals surface area contributed by atoms with E-state index >= 15 is 0 Å². The summed E-state index contributed by atoms with van der Waals surface area (Å²) in [6.45, 7) is 2.92. The maximum atomic E-state index is 11.7. The molecule has 0 bridgehead atoms. The maximum absolute atomic E-state index is 11.7. The van der Waals surface area contributed by atoms with E-state index in [4.69, 9.17) is 14.2 Å². The van der Waals surface area contributed by atoms with E-state index in [9.17, 15) is 4.79 Å². The first kappa shape index (κ1) is 17.4. The van der Waals surface area contributed by atoms with Crippen LogP contribution in [0, 0.1) is 5.92 Å². The van der Waals surface area contributed by atoms with Gasteiger partial charge in [-0.05, 0) is 55.7 Å². The molecule has 23 heavy (non-hydrogen) atoms. The number of hydrogen-bond acceptors (Lipinski definition) is 4. The summed E-state index contributed by atoms with van der Waals surface area (Å²) in [4.78, 5) is 13.4. The number of benzene rings is 1. The fraction of sp³-hybridized carbons (Fsp3) is 0.611. The molecule has 1 aliphatic carbocycles. The molecule has 0 N–H and O–H groups in total. The fourth-order valence-corrected chi connectivity index (χ4v) is 2.91. The van der Waals surface area contributed by atoms with Crippen molar-refractivity contribution in [1.82, 2.24) is 4.90 Å². The van der Waals surface area contributed by atoms with Crippen LogP contribution in [0.25, 0.3) is 0 Å². The average molecular weight is 321 g/mol. The molecule has 5 nitrogen and oxygen atoms in total. The van der Waals surface area contributed by atoms with Gasteiger partial charge in [-0.1, -0.05) is 6.07 Å². The Labute approximate surface area is 138 Å². The lowest BCUT2D eigenvalue weighted by Gasteiger charge is -2.22. The van der Waals surface area contributed by atoms with Crippen molar-refractivity contribution in [3.05, 3.63) is 23.8 Å². The highest BCUT2D eigenvalue weighted by atomic mass is 16.6. The standard InChI is InChI=1S/C18H27NO4/c1-5-23-18(20)19(2)11-10-15(13-6-7-13)14-8-9-16(21-3)17(12-14)22-4/h8-9,12-13,15H,5-7,10-11H2,1-4H3. The Hall–Kier alpha value is -1.91. The molecule has 128 valence electrons. The van der Waals surface area contributed by atoms with E-state index in [1.165, 1.54) is 18.4 Å². The highest BCUT2D eigenvalue weighted by Crippen LogP contribution is 2.46. The summed E-state index contributed by atoms with van der Waals surface area (Å²) in [6.07, 6.45) is 3.18. The maximum Gasteiger partial charge on any atom is 0.409 e. The largest absolute Gasteiger partial charge is 0.493 e. The van der Waals surface area contributed by atoms with Gasteiger partial charge in [0.1, 0.15) is 0 Å². The molecule has 2 rings (SSSR count). The van der Waals surface area contributed by atoms with Gasteiger partial charge in [0, 0.05) is 13.6 Å². The van der Waals surface area contributed by atoms with Gasteiger partial charge >= 0.3 is 6.09 Å². The first-order valence-electron chi connectivity index (χ1n) is 8.20. The van der Waals surface area contributed by atoms with Crippen molar-refractivity contribution in [2.45, 2.75) is 32.1 Å². The molecule has 1 amide bonds. The lowest BCUT2D eigenvalue weighted by molar-refractivity contribution is 0.115. The molecule has 0 spiro atoms. The van der Waals surface area contributed by atoms with Crippen molar-refractivity contribution >= 4 is 6.09 Å². The van der Waals surface area contributed by atoms with E-state index in [-0.39, 0.29) is 6.09 Å². The normalized spacial score (nSPS) is 15.0. The van der Waals surface area contributed by atoms with Gasteiger partial charge in [-0.2, -0.15) is 0 Å². The Morgan fingerprint density at radius 2 is 1.96 bits per heavy atom. The van der Waals surface area contributed by atoms with Gasteiger partial charge in [-0.3, -0.25) is 0 Å². The van der Waals surface area contributed by atoms with Crippen LogP contribution < -0.4 is 9.47 Å². The average Bonchev–Trinajstić information content (AvgIpc) is 3.39. The van der Waals surface area contributed by atoms with Crippen LogP contribution in [-0.2, 0) is 4.74 Å². The van der Waals surface area contributed by atoms with Crippen LogP contribution in [0.3, 0.4) is 0 Å². The fourth-order valence-electron chi connectivity index (χ4n) is 2.91. The second-order valence-electron chi connectivity index (χ2n) is 5.97. The second kappa shape index (κ2) is 8.09. The number of rotatable bonds is 8. The Morgan fingerprint density at radius 3 is 2.52 bits per heavy atom. The lowest BCUT2D eigenvalue weighted by atomic mass is 9.90. The highest BCUT2D eigenvalue weighted by Gasteiger charge is 2.33. The number of methoxy groups -OCH3 is 2. The number of amides is 1. The molecule has 1 aromatic rings. The van der Waals surface area contributed by atoms with E-state index < -0.39 is 0 Å². The van der Waals surface area contributed by atoms with E-state index in [1.807, 2.05) is 13.0 Å². The minimum absolute atomic E-state index is 0.255. The molecule has 1 fully saturated rings. The SMILES string of the molecule is CCOC(=O)N(C)CCC(c1ccc(OC)c(OC)c1)C1CC1. The summed E-state index contributed by atoms with van der Waals surface area (Å²) in [5.41, 5.74) is 1.25. The third-order valence-electron chi connectivity index (χ3n) is 4.38. The molecular weight excluding hydrogens is 294 g/mol. The second-order valence-corrected chi connectivity index (χ2v) is 5.97. The van der Waals surface area contributed by atoms with Crippen LogP contribution in [-0.4, -0.2) is 45.4 Å². The van der Waals surface area contributed by atoms with Crippen molar-refractivity contribution in [3.63, 3.8) is 0 Å². The zero-order chi connectivity index (χ0) is 16.8. The molecule has 0 saturated heterocycles. The van der Waals surface area contributed by atoms with Gasteiger partial charge in [0.25, 0.3) is 0 Å². The smallest absolute Gasteiger partial charge is 0.409 e. The molecule has 0 aliphatic heterocycles. The number of carbonyl (C=O) groups excluding carboxylic acids is 1. The molecule has 1 atom stereocenters. The quantitative estimate of drug-likeness (QED) is 0.733. The number of ether oxygens (including phenoxy) is 3. The summed E-state index contributed by atoms with van der Waals surface area (Å²) in [5, 5.41) is 0. The zero-order valence-electron chi connectivity index (χ0n) is 14.5. The van der Waals surface area contributed by atoms with Crippen LogP contribution >= 0.6 is 0 Å². The first-order valence-corrected chi connectivity index (χ1v) is 8.20. The highest BCUT2D eigenvalue weighted by molar-refractivity contribution is 5.67. The van der Waals surface area contributed by atoms with Gasteiger partial charge in [0.15, 0.2) is 11.5 Å². The molecule has 0 radical (unpaired) electrons. The van der Waals surface area contributed by atoms with Gasteiger partial charge < -0.3 is 19.1 Å². The van der Waals surface area contributed by atoms with E-state index in [0.29, 0.717) is 25.0 Å². The third-order valence-corrected chi connectivity index (χ3v) is 4.38. The van der Waals surface area contributed by atoms with Crippen LogP contribution in [0.5, 0.6) is 11.5 Å². The molecule has 1 aliphatic rings. The first-order chi connectivity index (χ1) is 11.1. The minimum Gasteiger partial charge on any atom is -0.493 e. The number of carbonyl (C=O) groups is 1. The molecule has 1 saturated carbocycles. The van der Waals surface area contributed by atoms with Crippen LogP contribution in [0.2, 0.25) is 0 Å². The number of nitrogens with zero attached hydrogens (tertiary/aromatic N) is 1. The minimum atomic E-state index is -0.255. The third kappa shape index (κ3) is 4.53. The van der Waals surface area contributed by atoms with Crippen molar-refractivity contribution < 1.29 is 19.0 Å². The molecule has 0 heterocycles.